The number of rotatable bonds is 8. The Morgan fingerprint density at radius 1 is 1.11 bits per heavy atom. The molecule has 0 radical (unpaired) electrons. The molecule has 0 atom stereocenters. The summed E-state index contributed by atoms with van der Waals surface area (Å²) >= 11 is 5.68. The van der Waals surface area contributed by atoms with Crippen molar-refractivity contribution in [3.8, 4) is 17.7 Å². The van der Waals surface area contributed by atoms with Crippen molar-refractivity contribution in [1.82, 2.24) is 29.4 Å². The molecule has 0 spiro atoms. The van der Waals surface area contributed by atoms with Crippen LogP contribution in [0.2, 0.25) is 0 Å². The Labute approximate surface area is 222 Å². The summed E-state index contributed by atoms with van der Waals surface area (Å²) < 4.78 is 46.9. The van der Waals surface area contributed by atoms with Gasteiger partial charge in [0.25, 0.3) is 6.43 Å². The standard InChI is InChI=1S/C24H28ClF2N7O4/c1-2-37-17-5-3-4-16-19(17)28-21(20(26)27)34(16)23-29-22(33-10-12-36-13-11-33)30-24(31-23)38-15-6-8-32(9-7-15)18(35)14-25/h3-5,15,20H,2,6-14H2,1H3. The van der Waals surface area contributed by atoms with Gasteiger partial charge in [0.1, 0.15) is 23.3 Å². The SMILES string of the molecule is CCOc1cccc2c1nc(C(F)F)n2-c1nc(OC2CCN(C(=O)CCl)CC2)nc(N2CCOCC2)n1. The van der Waals surface area contributed by atoms with Gasteiger partial charge in [-0.3, -0.25) is 9.36 Å². The summed E-state index contributed by atoms with van der Waals surface area (Å²) in [6.45, 7) is 5.18. The molecule has 38 heavy (non-hydrogen) atoms. The van der Waals surface area contributed by atoms with Crippen LogP contribution in [-0.2, 0) is 9.53 Å². The Kier molecular flexibility index (Phi) is 8.03. The van der Waals surface area contributed by atoms with Gasteiger partial charge in [0.05, 0.1) is 25.3 Å². The number of para-hydroxylation sites is 1. The molecule has 0 aliphatic carbocycles. The summed E-state index contributed by atoms with van der Waals surface area (Å²) in [6.07, 6.45) is -2.04. The number of carbonyl (C=O) groups excluding carboxylic acids is 1. The molecule has 1 aromatic carbocycles. The summed E-state index contributed by atoms with van der Waals surface area (Å²) in [5, 5.41) is 0. The molecule has 0 bridgehead atoms. The molecule has 0 saturated carbocycles. The molecule has 2 fully saturated rings. The van der Waals surface area contributed by atoms with Crippen LogP contribution in [0.25, 0.3) is 17.0 Å². The van der Waals surface area contributed by atoms with Crippen molar-refractivity contribution in [2.24, 2.45) is 0 Å². The molecule has 2 saturated heterocycles. The Morgan fingerprint density at radius 3 is 2.53 bits per heavy atom. The number of nitrogens with zero attached hydrogens (tertiary/aromatic N) is 7. The molecule has 5 rings (SSSR count). The lowest BCUT2D eigenvalue weighted by molar-refractivity contribution is -0.130. The zero-order chi connectivity index (χ0) is 26.6. The largest absolute Gasteiger partial charge is 0.492 e. The molecule has 0 unspecified atom stereocenters. The van der Waals surface area contributed by atoms with E-state index in [1.54, 1.807) is 23.1 Å². The number of carbonyl (C=O) groups is 1. The lowest BCUT2D eigenvalue weighted by Gasteiger charge is -2.31. The van der Waals surface area contributed by atoms with Crippen LogP contribution in [-0.4, -0.2) is 93.3 Å². The van der Waals surface area contributed by atoms with Crippen LogP contribution < -0.4 is 14.4 Å². The lowest BCUT2D eigenvalue weighted by Crippen LogP contribution is -2.42. The monoisotopic (exact) mass is 551 g/mol. The van der Waals surface area contributed by atoms with Gasteiger partial charge >= 0.3 is 6.01 Å². The first kappa shape index (κ1) is 26.3. The highest BCUT2D eigenvalue weighted by Gasteiger charge is 2.28. The summed E-state index contributed by atoms with van der Waals surface area (Å²) in [7, 11) is 0. The topological polar surface area (TPSA) is 108 Å². The van der Waals surface area contributed by atoms with Gasteiger partial charge in [-0.15, -0.1) is 11.6 Å². The van der Waals surface area contributed by atoms with Crippen LogP contribution in [0.3, 0.4) is 0 Å². The second-order valence-corrected chi connectivity index (χ2v) is 9.08. The van der Waals surface area contributed by atoms with Crippen LogP contribution >= 0.6 is 11.6 Å². The van der Waals surface area contributed by atoms with Crippen LogP contribution in [0, 0.1) is 0 Å². The Hall–Kier alpha value is -3.32. The fourth-order valence-corrected chi connectivity index (χ4v) is 4.74. The van der Waals surface area contributed by atoms with Crippen LogP contribution in [0.5, 0.6) is 11.8 Å². The van der Waals surface area contributed by atoms with E-state index in [0.717, 1.165) is 0 Å². The fourth-order valence-electron chi connectivity index (χ4n) is 4.57. The molecule has 2 aliphatic rings. The molecule has 3 aromatic rings. The van der Waals surface area contributed by atoms with Crippen molar-refractivity contribution >= 4 is 34.5 Å². The number of hydrogen-bond donors (Lipinski definition) is 0. The minimum Gasteiger partial charge on any atom is -0.492 e. The van der Waals surface area contributed by atoms with Crippen LogP contribution in [0.1, 0.15) is 32.0 Å². The van der Waals surface area contributed by atoms with E-state index in [-0.39, 0.29) is 35.4 Å². The van der Waals surface area contributed by atoms with Crippen molar-refractivity contribution in [3.05, 3.63) is 24.0 Å². The van der Waals surface area contributed by atoms with Gasteiger partial charge in [0.2, 0.25) is 17.8 Å². The molecule has 4 heterocycles. The van der Waals surface area contributed by atoms with E-state index in [4.69, 9.17) is 25.8 Å². The molecule has 1 amide bonds. The highest BCUT2D eigenvalue weighted by molar-refractivity contribution is 6.27. The van der Waals surface area contributed by atoms with E-state index in [0.29, 0.717) is 76.1 Å². The van der Waals surface area contributed by atoms with Crippen molar-refractivity contribution in [2.45, 2.75) is 32.3 Å². The van der Waals surface area contributed by atoms with Crippen molar-refractivity contribution in [1.29, 1.82) is 0 Å². The van der Waals surface area contributed by atoms with Crippen LogP contribution in [0.4, 0.5) is 14.7 Å². The van der Waals surface area contributed by atoms with Crippen molar-refractivity contribution < 1.29 is 27.8 Å². The summed E-state index contributed by atoms with van der Waals surface area (Å²) in [6, 6.07) is 5.07. The normalized spacial score (nSPS) is 16.9. The molecule has 0 N–H and O–H groups in total. The number of alkyl halides is 3. The molecule has 11 nitrogen and oxygen atoms in total. The lowest BCUT2D eigenvalue weighted by atomic mass is 10.1. The maximum Gasteiger partial charge on any atom is 0.323 e. The average molecular weight is 552 g/mol. The van der Waals surface area contributed by atoms with Gasteiger partial charge in [-0.2, -0.15) is 15.0 Å². The average Bonchev–Trinajstić information content (AvgIpc) is 3.35. The first-order valence-electron chi connectivity index (χ1n) is 12.5. The third-order valence-electron chi connectivity index (χ3n) is 6.44. The number of imidazole rings is 1. The predicted octanol–water partition coefficient (Wildman–Crippen LogP) is 2.99. The Bertz CT molecular complexity index is 1280. The minimum absolute atomic E-state index is 0.0154. The van der Waals surface area contributed by atoms with E-state index in [2.05, 4.69) is 19.9 Å². The molecule has 2 aliphatic heterocycles. The van der Waals surface area contributed by atoms with Crippen LogP contribution in [0.15, 0.2) is 18.2 Å². The van der Waals surface area contributed by atoms with E-state index in [1.807, 2.05) is 11.8 Å². The molecule has 14 heteroatoms. The van der Waals surface area contributed by atoms with Gasteiger partial charge in [0, 0.05) is 39.0 Å². The Morgan fingerprint density at radius 2 is 1.84 bits per heavy atom. The smallest absolute Gasteiger partial charge is 0.323 e. The maximum atomic E-state index is 14.2. The van der Waals surface area contributed by atoms with E-state index >= 15 is 0 Å². The first-order valence-corrected chi connectivity index (χ1v) is 13.0. The fraction of sp³-hybridized carbons (Fsp3) is 0.542. The predicted molar refractivity (Wildman–Crippen MR) is 135 cm³/mol. The number of aromatic nitrogens is 5. The number of fused-ring (bicyclic) bond motifs is 1. The maximum absolute atomic E-state index is 14.2. The second-order valence-electron chi connectivity index (χ2n) is 8.81. The quantitative estimate of drug-likeness (QED) is 0.390. The number of halogens is 3. The first-order chi connectivity index (χ1) is 18.5. The minimum atomic E-state index is -2.89. The molecular formula is C24H28ClF2N7O4. The molecular weight excluding hydrogens is 524 g/mol. The zero-order valence-corrected chi connectivity index (χ0v) is 21.6. The Balaban J connectivity index is 1.54. The number of likely N-dealkylation sites (tertiary alicyclic amines) is 1. The third-order valence-corrected chi connectivity index (χ3v) is 6.66. The van der Waals surface area contributed by atoms with E-state index in [1.165, 1.54) is 4.57 Å². The van der Waals surface area contributed by atoms with Gasteiger partial charge in [-0.05, 0) is 19.1 Å². The zero-order valence-electron chi connectivity index (χ0n) is 20.9. The number of piperidine rings is 1. The molecule has 204 valence electrons. The van der Waals surface area contributed by atoms with Crippen molar-refractivity contribution in [3.63, 3.8) is 0 Å². The summed E-state index contributed by atoms with van der Waals surface area (Å²) in [5.41, 5.74) is 0.668. The molecule has 2 aromatic heterocycles. The number of anilines is 1. The van der Waals surface area contributed by atoms with Gasteiger partial charge < -0.3 is 24.0 Å². The van der Waals surface area contributed by atoms with Crippen molar-refractivity contribution in [2.75, 3.05) is 56.8 Å². The summed E-state index contributed by atoms with van der Waals surface area (Å²) in [5.74, 6) is -0.0430. The van der Waals surface area contributed by atoms with E-state index in [9.17, 15) is 13.6 Å². The highest BCUT2D eigenvalue weighted by atomic mass is 35.5. The van der Waals surface area contributed by atoms with Gasteiger partial charge in [-0.1, -0.05) is 6.07 Å². The number of amides is 1. The number of hydrogen-bond acceptors (Lipinski definition) is 9. The van der Waals surface area contributed by atoms with Gasteiger partial charge in [0.15, 0.2) is 5.82 Å². The van der Waals surface area contributed by atoms with E-state index < -0.39 is 12.2 Å². The number of benzene rings is 1. The van der Waals surface area contributed by atoms with Gasteiger partial charge in [-0.25, -0.2) is 13.8 Å². The second kappa shape index (κ2) is 11.6. The highest BCUT2D eigenvalue weighted by Crippen LogP contribution is 2.32. The number of ether oxygens (including phenoxy) is 3. The number of morpholine rings is 1. The third kappa shape index (κ3) is 5.44. The summed E-state index contributed by atoms with van der Waals surface area (Å²) in [4.78, 5) is 33.2.